The number of H-pyrrole nitrogens is 1. The molecule has 0 aliphatic rings. The van der Waals surface area contributed by atoms with Crippen molar-refractivity contribution in [3.63, 3.8) is 0 Å². The molecule has 0 spiro atoms. The van der Waals surface area contributed by atoms with Crippen LogP contribution < -0.4 is 10.3 Å². The van der Waals surface area contributed by atoms with E-state index >= 15 is 0 Å². The minimum atomic E-state index is -0.440. The van der Waals surface area contributed by atoms with E-state index in [1.807, 2.05) is 0 Å². The third kappa shape index (κ3) is 2.07. The second kappa shape index (κ2) is 4.36. The van der Waals surface area contributed by atoms with Crippen LogP contribution in [0.3, 0.4) is 0 Å². The van der Waals surface area contributed by atoms with Crippen molar-refractivity contribution in [2.75, 3.05) is 14.2 Å². The number of methoxy groups -OCH3 is 1. The van der Waals surface area contributed by atoms with Crippen molar-refractivity contribution in [2.45, 2.75) is 0 Å². The molecule has 1 aromatic heterocycles. The van der Waals surface area contributed by atoms with Crippen LogP contribution in [0.5, 0.6) is 0 Å². The first-order chi connectivity index (χ1) is 6.69. The summed E-state index contributed by atoms with van der Waals surface area (Å²) in [6, 6.07) is 3.04. The van der Waals surface area contributed by atoms with E-state index in [0.717, 1.165) is 0 Å². The molecule has 0 saturated heterocycles. The summed E-state index contributed by atoms with van der Waals surface area (Å²) in [7, 11) is 2.83. The van der Waals surface area contributed by atoms with Gasteiger partial charge in [0.25, 0.3) is 5.69 Å². The largest absolute Gasteiger partial charge is 0.465 e. The predicted molar refractivity (Wildman–Crippen MR) is 47.7 cm³/mol. The molecule has 1 aromatic rings. The van der Waals surface area contributed by atoms with Crippen molar-refractivity contribution in [3.05, 3.63) is 29.6 Å². The Morgan fingerprint density at radius 3 is 2.57 bits per heavy atom. The third-order valence-corrected chi connectivity index (χ3v) is 1.71. The number of carbonyl (C=O) groups is 2. The molecule has 0 atom stereocenters. The van der Waals surface area contributed by atoms with Crippen LogP contribution in [0, 0.1) is 0 Å². The Hall–Kier alpha value is -1.91. The Labute approximate surface area is 81.1 Å². The van der Waals surface area contributed by atoms with Gasteiger partial charge in [-0.15, -0.1) is 0 Å². The van der Waals surface area contributed by atoms with Gasteiger partial charge in [-0.3, -0.25) is 4.79 Å². The topological polar surface area (TPSA) is 69.5 Å². The molecule has 0 radical (unpaired) electrons. The second-order valence-corrected chi connectivity index (χ2v) is 2.56. The number of esters is 1. The normalized spacial score (nSPS) is 9.29. The molecule has 1 rings (SSSR count). The first-order valence-corrected chi connectivity index (χ1v) is 4.01. The molecule has 5 heteroatoms. The fourth-order valence-corrected chi connectivity index (χ4v) is 0.946. The summed E-state index contributed by atoms with van der Waals surface area (Å²) in [6.45, 7) is 0. The van der Waals surface area contributed by atoms with Gasteiger partial charge >= 0.3 is 11.9 Å². The summed E-state index contributed by atoms with van der Waals surface area (Å²) >= 11 is 0. The number of rotatable bonds is 2. The number of hydrogen-bond acceptors (Lipinski definition) is 3. The van der Waals surface area contributed by atoms with Crippen LogP contribution in [-0.2, 0) is 4.74 Å². The first-order valence-electron chi connectivity index (χ1n) is 4.01. The zero-order valence-corrected chi connectivity index (χ0v) is 7.96. The van der Waals surface area contributed by atoms with Gasteiger partial charge < -0.3 is 10.1 Å². The van der Waals surface area contributed by atoms with Crippen molar-refractivity contribution in [1.29, 1.82) is 0 Å². The Morgan fingerprint density at radius 1 is 1.43 bits per heavy atom. The monoisotopic (exact) mass is 195 g/mol. The fraction of sp³-hybridized carbons (Fsp3) is 0.222. The van der Waals surface area contributed by atoms with E-state index in [4.69, 9.17) is 0 Å². The number of aromatic nitrogens is 1. The quantitative estimate of drug-likeness (QED) is 0.655. The molecule has 0 aliphatic carbocycles. The first kappa shape index (κ1) is 10.2. The Balaban J connectivity index is 2.89. The van der Waals surface area contributed by atoms with Crippen LogP contribution in [0.25, 0.3) is 0 Å². The van der Waals surface area contributed by atoms with E-state index in [0.29, 0.717) is 11.3 Å². The average Bonchev–Trinajstić information content (AvgIpc) is 2.27. The van der Waals surface area contributed by atoms with Crippen LogP contribution in [-0.4, -0.2) is 26.0 Å². The summed E-state index contributed by atoms with van der Waals surface area (Å²) in [4.78, 5) is 24.8. The average molecular weight is 195 g/mol. The Morgan fingerprint density at radius 2 is 2.14 bits per heavy atom. The maximum Gasteiger partial charge on any atom is 0.343 e. The SMILES string of the molecule is CNC(=O)c1ccc(C(=O)OC)c[nH+]1. The molecule has 1 heterocycles. The van der Waals surface area contributed by atoms with Crippen molar-refractivity contribution in [2.24, 2.45) is 0 Å². The maximum absolute atomic E-state index is 11.1. The van der Waals surface area contributed by atoms with Crippen LogP contribution in [0.1, 0.15) is 20.8 Å². The molecule has 5 nitrogen and oxygen atoms in total. The van der Waals surface area contributed by atoms with Crippen LogP contribution in [0.4, 0.5) is 0 Å². The van der Waals surface area contributed by atoms with Gasteiger partial charge in [0.2, 0.25) is 0 Å². The molecule has 74 valence electrons. The van der Waals surface area contributed by atoms with Crippen LogP contribution in [0.15, 0.2) is 18.3 Å². The van der Waals surface area contributed by atoms with Crippen LogP contribution >= 0.6 is 0 Å². The molecular formula is C9H11N2O3+. The van der Waals surface area contributed by atoms with Gasteiger partial charge in [0.05, 0.1) is 7.11 Å². The summed E-state index contributed by atoms with van der Waals surface area (Å²) < 4.78 is 4.50. The molecule has 2 N–H and O–H groups in total. The Kier molecular flexibility index (Phi) is 3.17. The number of carbonyl (C=O) groups excluding carboxylic acids is 2. The van der Waals surface area contributed by atoms with Crippen molar-refractivity contribution in [1.82, 2.24) is 5.32 Å². The summed E-state index contributed by atoms with van der Waals surface area (Å²) in [5.74, 6) is -0.675. The van der Waals surface area contributed by atoms with E-state index in [9.17, 15) is 9.59 Å². The molecule has 14 heavy (non-hydrogen) atoms. The molecular weight excluding hydrogens is 184 g/mol. The summed E-state index contributed by atoms with van der Waals surface area (Å²) in [5, 5.41) is 2.46. The van der Waals surface area contributed by atoms with Gasteiger partial charge in [-0.25, -0.2) is 9.78 Å². The maximum atomic E-state index is 11.1. The van der Waals surface area contributed by atoms with E-state index < -0.39 is 5.97 Å². The fourth-order valence-electron chi connectivity index (χ4n) is 0.946. The molecule has 0 unspecified atom stereocenters. The lowest BCUT2D eigenvalue weighted by Crippen LogP contribution is -2.27. The molecule has 0 aromatic carbocycles. The lowest BCUT2D eigenvalue weighted by atomic mass is 10.2. The number of nitrogens with one attached hydrogen (secondary N) is 2. The number of ether oxygens (including phenoxy) is 1. The lowest BCUT2D eigenvalue weighted by molar-refractivity contribution is -0.382. The van der Waals surface area contributed by atoms with Gasteiger partial charge in [0, 0.05) is 13.1 Å². The highest BCUT2D eigenvalue weighted by atomic mass is 16.5. The van der Waals surface area contributed by atoms with E-state index in [2.05, 4.69) is 15.0 Å². The van der Waals surface area contributed by atoms with Crippen molar-refractivity contribution < 1.29 is 19.3 Å². The van der Waals surface area contributed by atoms with Gasteiger partial charge in [-0.2, -0.15) is 0 Å². The number of amides is 1. The molecule has 0 saturated carbocycles. The molecule has 0 bridgehead atoms. The smallest absolute Gasteiger partial charge is 0.343 e. The standard InChI is InChI=1S/C9H10N2O3/c1-10-8(12)7-4-3-6(5-11-7)9(13)14-2/h3-5H,1-2H3,(H,10,12)/p+1. The van der Waals surface area contributed by atoms with Gasteiger partial charge in [-0.1, -0.05) is 0 Å². The predicted octanol–water partition coefficient (Wildman–Crippen LogP) is -0.353. The summed E-state index contributed by atoms with van der Waals surface area (Å²) in [6.07, 6.45) is 1.43. The molecule has 0 fully saturated rings. The minimum Gasteiger partial charge on any atom is -0.465 e. The van der Waals surface area contributed by atoms with Crippen molar-refractivity contribution in [3.8, 4) is 0 Å². The highest BCUT2D eigenvalue weighted by Crippen LogP contribution is 1.98. The van der Waals surface area contributed by atoms with Crippen molar-refractivity contribution >= 4 is 11.9 Å². The van der Waals surface area contributed by atoms with E-state index in [1.165, 1.54) is 32.5 Å². The van der Waals surface area contributed by atoms with E-state index in [-0.39, 0.29) is 5.91 Å². The number of pyridine rings is 1. The number of hydrogen-bond donors (Lipinski definition) is 1. The van der Waals surface area contributed by atoms with Crippen LogP contribution in [0.2, 0.25) is 0 Å². The number of aromatic amines is 1. The zero-order valence-electron chi connectivity index (χ0n) is 7.96. The third-order valence-electron chi connectivity index (χ3n) is 1.71. The Bertz CT molecular complexity index is 311. The second-order valence-electron chi connectivity index (χ2n) is 2.56. The summed E-state index contributed by atoms with van der Waals surface area (Å²) in [5.41, 5.74) is 0.764. The van der Waals surface area contributed by atoms with Gasteiger partial charge in [0.1, 0.15) is 5.56 Å². The lowest BCUT2D eigenvalue weighted by Gasteiger charge is -1.96. The minimum absolute atomic E-state index is 0.235. The van der Waals surface area contributed by atoms with Gasteiger partial charge in [-0.05, 0) is 6.07 Å². The molecule has 0 aliphatic heterocycles. The molecule has 1 amide bonds. The highest BCUT2D eigenvalue weighted by molar-refractivity contribution is 5.92. The van der Waals surface area contributed by atoms with E-state index in [1.54, 1.807) is 0 Å². The van der Waals surface area contributed by atoms with Gasteiger partial charge in [0.15, 0.2) is 6.20 Å². The highest BCUT2D eigenvalue weighted by Gasteiger charge is 2.13. The zero-order chi connectivity index (χ0) is 10.6.